The molecule has 2 aliphatic carbocycles. The minimum Gasteiger partial charge on any atom is -0.491 e. The molecule has 2 fully saturated rings. The first-order valence-corrected chi connectivity index (χ1v) is 9.54. The third-order valence-electron chi connectivity index (χ3n) is 5.70. The van der Waals surface area contributed by atoms with Gasteiger partial charge in [-0.2, -0.15) is 0 Å². The molecule has 6 nitrogen and oxygen atoms in total. The second kappa shape index (κ2) is 8.37. The van der Waals surface area contributed by atoms with Crippen LogP contribution < -0.4 is 15.4 Å². The van der Waals surface area contributed by atoms with E-state index >= 15 is 0 Å². The molecule has 2 atom stereocenters. The van der Waals surface area contributed by atoms with Crippen LogP contribution in [0.25, 0.3) is 0 Å². The minimum atomic E-state index is -0.562. The molecule has 1 spiro atoms. The van der Waals surface area contributed by atoms with Crippen LogP contribution in [0, 0.1) is 11.3 Å². The van der Waals surface area contributed by atoms with Gasteiger partial charge in [-0.3, -0.25) is 4.79 Å². The van der Waals surface area contributed by atoms with Gasteiger partial charge in [-0.05, 0) is 74.2 Å². The molecule has 3 rings (SSSR count). The van der Waals surface area contributed by atoms with Crippen molar-refractivity contribution < 1.29 is 19.7 Å². The van der Waals surface area contributed by atoms with Crippen molar-refractivity contribution in [2.75, 3.05) is 25.0 Å². The maximum absolute atomic E-state index is 11.0. The summed E-state index contributed by atoms with van der Waals surface area (Å²) in [5.41, 5.74) is 1.18. The van der Waals surface area contributed by atoms with Crippen LogP contribution in [0.2, 0.25) is 0 Å². The Balaban J connectivity index is 1.30. The number of anilines is 1. The predicted molar refractivity (Wildman–Crippen MR) is 100 cm³/mol. The van der Waals surface area contributed by atoms with Gasteiger partial charge in [-0.25, -0.2) is 0 Å². The molecule has 1 aromatic rings. The fourth-order valence-corrected chi connectivity index (χ4v) is 4.02. The van der Waals surface area contributed by atoms with E-state index in [9.17, 15) is 15.0 Å². The molecular weight excluding hydrogens is 332 g/mol. The van der Waals surface area contributed by atoms with Gasteiger partial charge in [-0.15, -0.1) is 0 Å². The molecule has 2 aliphatic rings. The lowest BCUT2D eigenvalue weighted by atomic mass is 9.83. The number of carbonyl (C=O) groups is 1. The first kappa shape index (κ1) is 19.1. The highest BCUT2D eigenvalue weighted by Gasteiger charge is 2.54. The summed E-state index contributed by atoms with van der Waals surface area (Å²) in [6.45, 7) is 3.14. The summed E-state index contributed by atoms with van der Waals surface area (Å²) in [7, 11) is 0. The highest BCUT2D eigenvalue weighted by molar-refractivity contribution is 5.88. The smallest absolute Gasteiger partial charge is 0.221 e. The van der Waals surface area contributed by atoms with Gasteiger partial charge >= 0.3 is 0 Å². The van der Waals surface area contributed by atoms with Crippen molar-refractivity contribution in [3.8, 4) is 5.75 Å². The van der Waals surface area contributed by atoms with Crippen LogP contribution in [-0.2, 0) is 4.79 Å². The topological polar surface area (TPSA) is 90.8 Å². The molecule has 144 valence electrons. The maximum Gasteiger partial charge on any atom is 0.221 e. The molecule has 0 radical (unpaired) electrons. The van der Waals surface area contributed by atoms with Crippen LogP contribution in [0.4, 0.5) is 5.69 Å². The summed E-state index contributed by atoms with van der Waals surface area (Å²) in [6, 6.07) is 7.10. The average Bonchev–Trinajstić information content (AvgIpc) is 3.29. The Morgan fingerprint density at radius 1 is 1.31 bits per heavy atom. The number of rotatable bonds is 8. The van der Waals surface area contributed by atoms with Crippen LogP contribution in [0.1, 0.15) is 39.0 Å². The van der Waals surface area contributed by atoms with Crippen molar-refractivity contribution in [1.29, 1.82) is 0 Å². The minimum absolute atomic E-state index is 0.0962. The SMILES string of the molecule is CC(=O)Nc1ccc(OCC(O)CNCC2CC23CCC(O)CC3)cc1. The summed E-state index contributed by atoms with van der Waals surface area (Å²) in [5, 5.41) is 25.8. The number of nitrogens with one attached hydrogen (secondary N) is 2. The van der Waals surface area contributed by atoms with Crippen molar-refractivity contribution in [1.82, 2.24) is 5.32 Å². The fourth-order valence-electron chi connectivity index (χ4n) is 4.02. The van der Waals surface area contributed by atoms with Crippen LogP contribution in [0.3, 0.4) is 0 Å². The molecule has 1 amide bonds. The second-order valence-electron chi connectivity index (χ2n) is 7.82. The Morgan fingerprint density at radius 3 is 2.65 bits per heavy atom. The van der Waals surface area contributed by atoms with Gasteiger partial charge in [0.1, 0.15) is 18.5 Å². The Bertz CT molecular complexity index is 596. The van der Waals surface area contributed by atoms with E-state index in [1.54, 1.807) is 24.3 Å². The summed E-state index contributed by atoms with van der Waals surface area (Å²) in [4.78, 5) is 11.0. The van der Waals surface area contributed by atoms with Gasteiger partial charge < -0.3 is 25.6 Å². The monoisotopic (exact) mass is 362 g/mol. The Kier molecular flexibility index (Phi) is 6.16. The summed E-state index contributed by atoms with van der Waals surface area (Å²) in [5.74, 6) is 1.24. The number of aliphatic hydroxyl groups is 2. The lowest BCUT2D eigenvalue weighted by molar-refractivity contribution is -0.114. The molecule has 0 bridgehead atoms. The van der Waals surface area contributed by atoms with E-state index in [0.717, 1.165) is 37.9 Å². The Labute approximate surface area is 154 Å². The molecule has 0 aromatic heterocycles. The predicted octanol–water partition coefficient (Wildman–Crippen LogP) is 1.92. The highest BCUT2D eigenvalue weighted by atomic mass is 16.5. The van der Waals surface area contributed by atoms with E-state index in [1.807, 2.05) is 0 Å². The molecule has 1 aromatic carbocycles. The van der Waals surface area contributed by atoms with Crippen molar-refractivity contribution >= 4 is 11.6 Å². The normalized spacial score (nSPS) is 28.6. The van der Waals surface area contributed by atoms with E-state index in [4.69, 9.17) is 4.74 Å². The lowest BCUT2D eigenvalue weighted by Crippen LogP contribution is -2.33. The van der Waals surface area contributed by atoms with Crippen molar-refractivity contribution in [2.45, 2.75) is 51.2 Å². The van der Waals surface area contributed by atoms with Crippen molar-refractivity contribution in [3.05, 3.63) is 24.3 Å². The molecule has 0 saturated heterocycles. The molecular formula is C20H30N2O4. The van der Waals surface area contributed by atoms with Gasteiger partial charge in [0.2, 0.25) is 5.91 Å². The number of hydrogen-bond acceptors (Lipinski definition) is 5. The van der Waals surface area contributed by atoms with E-state index < -0.39 is 6.10 Å². The van der Waals surface area contributed by atoms with Gasteiger partial charge in [0.05, 0.1) is 6.10 Å². The maximum atomic E-state index is 11.0. The molecule has 2 unspecified atom stereocenters. The standard InChI is InChI=1S/C20H30N2O4/c1-14(23)22-16-2-4-19(5-3-16)26-13-18(25)12-21-11-15-10-20(15)8-6-17(24)7-9-20/h2-5,15,17-18,21,24-25H,6-13H2,1H3,(H,22,23). The lowest BCUT2D eigenvalue weighted by Gasteiger charge is -2.26. The fraction of sp³-hybridized carbons (Fsp3) is 0.650. The van der Waals surface area contributed by atoms with Crippen molar-refractivity contribution in [2.24, 2.45) is 11.3 Å². The van der Waals surface area contributed by atoms with Crippen molar-refractivity contribution in [3.63, 3.8) is 0 Å². The molecule has 0 aliphatic heterocycles. The van der Waals surface area contributed by atoms with E-state index in [1.165, 1.54) is 13.3 Å². The van der Waals surface area contributed by atoms with Crippen LogP contribution in [0.5, 0.6) is 5.75 Å². The summed E-state index contributed by atoms with van der Waals surface area (Å²) >= 11 is 0. The number of amides is 1. The largest absolute Gasteiger partial charge is 0.491 e. The molecule has 4 N–H and O–H groups in total. The second-order valence-corrected chi connectivity index (χ2v) is 7.82. The average molecular weight is 362 g/mol. The van der Waals surface area contributed by atoms with Crippen LogP contribution >= 0.6 is 0 Å². The number of ether oxygens (including phenoxy) is 1. The first-order valence-electron chi connectivity index (χ1n) is 9.54. The molecule has 26 heavy (non-hydrogen) atoms. The number of carbonyl (C=O) groups excluding carboxylic acids is 1. The first-order chi connectivity index (χ1) is 12.5. The molecule has 2 saturated carbocycles. The van der Waals surface area contributed by atoms with E-state index in [-0.39, 0.29) is 18.6 Å². The zero-order valence-corrected chi connectivity index (χ0v) is 15.4. The summed E-state index contributed by atoms with van der Waals surface area (Å²) < 4.78 is 5.59. The van der Waals surface area contributed by atoms with Gasteiger partial charge in [-0.1, -0.05) is 0 Å². The van der Waals surface area contributed by atoms with Crippen LogP contribution in [0.15, 0.2) is 24.3 Å². The molecule has 6 heteroatoms. The van der Waals surface area contributed by atoms with Gasteiger partial charge in [0.25, 0.3) is 0 Å². The quantitative estimate of drug-likeness (QED) is 0.567. The number of benzene rings is 1. The van der Waals surface area contributed by atoms with E-state index in [0.29, 0.717) is 23.6 Å². The van der Waals surface area contributed by atoms with Gasteiger partial charge in [0.15, 0.2) is 0 Å². The zero-order valence-electron chi connectivity index (χ0n) is 15.4. The highest BCUT2D eigenvalue weighted by Crippen LogP contribution is 2.60. The van der Waals surface area contributed by atoms with E-state index in [2.05, 4.69) is 10.6 Å². The summed E-state index contributed by atoms with van der Waals surface area (Å²) in [6.07, 6.45) is 4.75. The molecule has 0 heterocycles. The third-order valence-corrected chi connectivity index (χ3v) is 5.70. The third kappa shape index (κ3) is 5.19. The number of aliphatic hydroxyl groups excluding tert-OH is 2. The zero-order chi connectivity index (χ0) is 18.6. The Hall–Kier alpha value is -1.63. The van der Waals surface area contributed by atoms with Crippen LogP contribution in [-0.4, -0.2) is 48.0 Å². The van der Waals surface area contributed by atoms with Gasteiger partial charge in [0, 0.05) is 19.2 Å². The number of hydrogen-bond donors (Lipinski definition) is 4. The Morgan fingerprint density at radius 2 is 2.00 bits per heavy atom.